The topological polar surface area (TPSA) is 0 Å². The van der Waals surface area contributed by atoms with Gasteiger partial charge in [-0.2, -0.15) is 0 Å². The SMILES string of the molecule is C=C(/C=C/CCCCCCC)/C(C)=C/CCCCCCCC. The number of rotatable bonds is 15. The van der Waals surface area contributed by atoms with Gasteiger partial charge in [0.15, 0.2) is 0 Å². The summed E-state index contributed by atoms with van der Waals surface area (Å²) >= 11 is 0. The third-order valence-corrected chi connectivity index (χ3v) is 4.31. The smallest absolute Gasteiger partial charge is 0.0306 e. The number of hydrogen-bond acceptors (Lipinski definition) is 0. The Bertz CT molecular complexity index is 306. The molecule has 0 spiro atoms. The second-order valence-electron chi connectivity index (χ2n) is 6.57. The predicted molar refractivity (Wildman–Crippen MR) is 103 cm³/mol. The van der Waals surface area contributed by atoms with Gasteiger partial charge < -0.3 is 0 Å². The summed E-state index contributed by atoms with van der Waals surface area (Å²) in [5.41, 5.74) is 2.55. The largest absolute Gasteiger partial charge is 0.0915 e. The first-order valence-corrected chi connectivity index (χ1v) is 9.74. The molecule has 0 aliphatic heterocycles. The van der Waals surface area contributed by atoms with Crippen LogP contribution in [0.15, 0.2) is 36.0 Å². The van der Waals surface area contributed by atoms with Crippen LogP contribution < -0.4 is 0 Å². The van der Waals surface area contributed by atoms with Gasteiger partial charge in [-0.3, -0.25) is 0 Å². The number of unbranched alkanes of at least 4 members (excludes halogenated alkanes) is 11. The lowest BCUT2D eigenvalue weighted by atomic mass is 10.0. The van der Waals surface area contributed by atoms with Gasteiger partial charge in [-0.1, -0.05) is 96.4 Å². The lowest BCUT2D eigenvalue weighted by Crippen LogP contribution is -1.82. The second-order valence-corrected chi connectivity index (χ2v) is 6.57. The minimum atomic E-state index is 1.19. The van der Waals surface area contributed by atoms with Crippen LogP contribution in [0.1, 0.15) is 104 Å². The minimum Gasteiger partial charge on any atom is -0.0915 e. The van der Waals surface area contributed by atoms with Crippen LogP contribution in [0, 0.1) is 0 Å². The first-order valence-electron chi connectivity index (χ1n) is 9.74. The van der Waals surface area contributed by atoms with Gasteiger partial charge in [0.05, 0.1) is 0 Å². The van der Waals surface area contributed by atoms with E-state index in [-0.39, 0.29) is 0 Å². The molecule has 0 N–H and O–H groups in total. The highest BCUT2D eigenvalue weighted by Crippen LogP contribution is 2.14. The van der Waals surface area contributed by atoms with Crippen molar-refractivity contribution in [3.8, 4) is 0 Å². The highest BCUT2D eigenvalue weighted by Gasteiger charge is 1.93. The van der Waals surface area contributed by atoms with Gasteiger partial charge in [0.1, 0.15) is 0 Å². The van der Waals surface area contributed by atoms with Crippen molar-refractivity contribution >= 4 is 0 Å². The molecule has 0 heterocycles. The molecule has 0 atom stereocenters. The van der Waals surface area contributed by atoms with E-state index in [1.807, 2.05) is 0 Å². The third kappa shape index (κ3) is 14.2. The molecule has 0 saturated carbocycles. The van der Waals surface area contributed by atoms with Crippen molar-refractivity contribution in [2.75, 3.05) is 0 Å². The Balaban J connectivity index is 3.65. The molecule has 0 unspecified atom stereocenters. The highest BCUT2D eigenvalue weighted by atomic mass is 14.0. The fraction of sp³-hybridized carbons (Fsp3) is 0.727. The molecule has 0 aromatic rings. The van der Waals surface area contributed by atoms with Crippen molar-refractivity contribution in [3.63, 3.8) is 0 Å². The van der Waals surface area contributed by atoms with Gasteiger partial charge in [0, 0.05) is 0 Å². The summed E-state index contributed by atoms with van der Waals surface area (Å²) in [6, 6.07) is 0. The van der Waals surface area contributed by atoms with E-state index in [4.69, 9.17) is 0 Å². The maximum atomic E-state index is 4.19. The van der Waals surface area contributed by atoms with E-state index in [1.54, 1.807) is 0 Å². The zero-order valence-electron chi connectivity index (χ0n) is 15.6. The van der Waals surface area contributed by atoms with Crippen molar-refractivity contribution in [1.29, 1.82) is 0 Å². The van der Waals surface area contributed by atoms with Gasteiger partial charge in [0.25, 0.3) is 0 Å². The Morgan fingerprint density at radius 2 is 1.23 bits per heavy atom. The molecule has 0 saturated heterocycles. The maximum Gasteiger partial charge on any atom is -0.0306 e. The maximum absolute atomic E-state index is 4.19. The Hall–Kier alpha value is -0.780. The van der Waals surface area contributed by atoms with Gasteiger partial charge in [-0.05, 0) is 43.8 Å². The first kappa shape index (κ1) is 21.2. The van der Waals surface area contributed by atoms with Crippen molar-refractivity contribution < 1.29 is 0 Å². The van der Waals surface area contributed by atoms with Gasteiger partial charge in [0.2, 0.25) is 0 Å². The zero-order valence-corrected chi connectivity index (χ0v) is 15.6. The molecule has 0 nitrogen and oxygen atoms in total. The Morgan fingerprint density at radius 1 is 0.727 bits per heavy atom. The molecule has 0 heteroatoms. The zero-order chi connectivity index (χ0) is 16.5. The van der Waals surface area contributed by atoms with Gasteiger partial charge in [-0.25, -0.2) is 0 Å². The lowest BCUT2D eigenvalue weighted by Gasteiger charge is -2.02. The average Bonchev–Trinajstić information content (AvgIpc) is 2.52. The van der Waals surface area contributed by atoms with E-state index >= 15 is 0 Å². The molecule has 0 aromatic heterocycles. The quantitative estimate of drug-likeness (QED) is 0.211. The van der Waals surface area contributed by atoms with E-state index in [9.17, 15) is 0 Å². The van der Waals surface area contributed by atoms with Crippen molar-refractivity contribution in [1.82, 2.24) is 0 Å². The minimum absolute atomic E-state index is 1.19. The molecule has 0 rings (SSSR count). The summed E-state index contributed by atoms with van der Waals surface area (Å²) in [6.45, 7) is 10.9. The summed E-state index contributed by atoms with van der Waals surface area (Å²) in [6.07, 6.45) is 24.4. The van der Waals surface area contributed by atoms with Gasteiger partial charge in [-0.15, -0.1) is 0 Å². The fourth-order valence-corrected chi connectivity index (χ4v) is 2.60. The molecule has 0 aromatic carbocycles. The summed E-state index contributed by atoms with van der Waals surface area (Å²) in [5.74, 6) is 0. The third-order valence-electron chi connectivity index (χ3n) is 4.31. The molecule has 0 fully saturated rings. The molecule has 0 aliphatic rings. The number of allylic oxidation sites excluding steroid dienone is 5. The average molecular weight is 305 g/mol. The second kappa shape index (κ2) is 16.6. The van der Waals surface area contributed by atoms with Crippen LogP contribution in [0.2, 0.25) is 0 Å². The fourth-order valence-electron chi connectivity index (χ4n) is 2.60. The predicted octanol–water partition coefficient (Wildman–Crippen LogP) is 8.16. The Kier molecular flexibility index (Phi) is 16.0. The molecular formula is C22H40. The van der Waals surface area contributed by atoms with Crippen LogP contribution in [-0.4, -0.2) is 0 Å². The van der Waals surface area contributed by atoms with Crippen molar-refractivity contribution in [3.05, 3.63) is 36.0 Å². The van der Waals surface area contributed by atoms with Crippen LogP contribution in [0.4, 0.5) is 0 Å². The molecule has 0 radical (unpaired) electrons. The monoisotopic (exact) mass is 304 g/mol. The van der Waals surface area contributed by atoms with Crippen LogP contribution in [0.3, 0.4) is 0 Å². The number of hydrogen-bond donors (Lipinski definition) is 0. The summed E-state index contributed by atoms with van der Waals surface area (Å²) < 4.78 is 0. The summed E-state index contributed by atoms with van der Waals surface area (Å²) in [5, 5.41) is 0. The van der Waals surface area contributed by atoms with Crippen molar-refractivity contribution in [2.24, 2.45) is 0 Å². The van der Waals surface area contributed by atoms with Crippen molar-refractivity contribution in [2.45, 2.75) is 104 Å². The standard InChI is InChI=1S/C22H40/c1-5-7-9-11-13-15-17-19-21(3)22(4)20-18-16-14-12-10-8-6-2/h17,19-20H,3,5-16,18H2,1-2,4H3/b19-17+,22-20+. The van der Waals surface area contributed by atoms with Crippen LogP contribution in [0.25, 0.3) is 0 Å². The lowest BCUT2D eigenvalue weighted by molar-refractivity contribution is 0.611. The van der Waals surface area contributed by atoms with E-state index in [2.05, 4.69) is 45.6 Å². The molecule has 0 bridgehead atoms. The highest BCUT2D eigenvalue weighted by molar-refractivity contribution is 5.35. The normalized spacial score (nSPS) is 12.2. The molecule has 22 heavy (non-hydrogen) atoms. The summed E-state index contributed by atoms with van der Waals surface area (Å²) in [4.78, 5) is 0. The van der Waals surface area contributed by atoms with E-state index in [0.29, 0.717) is 0 Å². The van der Waals surface area contributed by atoms with Gasteiger partial charge >= 0.3 is 0 Å². The molecule has 0 aliphatic carbocycles. The Labute approximate surface area is 140 Å². The van der Waals surface area contributed by atoms with E-state index < -0.39 is 0 Å². The van der Waals surface area contributed by atoms with E-state index in [0.717, 1.165) is 0 Å². The van der Waals surface area contributed by atoms with Crippen LogP contribution in [0.5, 0.6) is 0 Å². The molecule has 0 amide bonds. The molecule has 128 valence electrons. The molecular weight excluding hydrogens is 264 g/mol. The Morgan fingerprint density at radius 3 is 1.82 bits per heavy atom. The van der Waals surface area contributed by atoms with Crippen LogP contribution >= 0.6 is 0 Å². The van der Waals surface area contributed by atoms with E-state index in [1.165, 1.54) is 94.6 Å². The van der Waals surface area contributed by atoms with Crippen LogP contribution in [-0.2, 0) is 0 Å². The summed E-state index contributed by atoms with van der Waals surface area (Å²) in [7, 11) is 0. The first-order chi connectivity index (χ1) is 10.7.